The lowest BCUT2D eigenvalue weighted by Gasteiger charge is -2.12. The molecule has 0 saturated carbocycles. The first kappa shape index (κ1) is 15.8. The molecule has 0 aliphatic carbocycles. The maximum atomic E-state index is 10.7. The Hall–Kier alpha value is -2.58. The summed E-state index contributed by atoms with van der Waals surface area (Å²) in [4.78, 5) is 20.3. The zero-order valence-corrected chi connectivity index (χ0v) is 12.3. The normalized spacial score (nSPS) is 10.1. The molecule has 0 atom stereocenters. The van der Waals surface area contributed by atoms with E-state index < -0.39 is 9.85 Å². The van der Waals surface area contributed by atoms with Crippen LogP contribution >= 0.6 is 23.2 Å². The Morgan fingerprint density at radius 2 is 1.14 bits per heavy atom. The molecule has 0 bridgehead atoms. The smallest absolute Gasteiger partial charge is 0.271 e. The Kier molecular flexibility index (Phi) is 4.64. The summed E-state index contributed by atoms with van der Waals surface area (Å²) in [6, 6.07) is 7.68. The first-order valence-electron chi connectivity index (χ1n) is 5.78. The van der Waals surface area contributed by atoms with Crippen LogP contribution in [0.3, 0.4) is 0 Å². The second-order valence-corrected chi connectivity index (χ2v) is 4.91. The number of nitro groups is 2. The van der Waals surface area contributed by atoms with E-state index in [2.05, 4.69) is 10.9 Å². The van der Waals surface area contributed by atoms with Gasteiger partial charge in [0.1, 0.15) is 0 Å². The van der Waals surface area contributed by atoms with Crippen LogP contribution in [0.2, 0.25) is 10.0 Å². The fourth-order valence-electron chi connectivity index (χ4n) is 1.58. The average Bonchev–Trinajstić information content (AvgIpc) is 2.47. The van der Waals surface area contributed by atoms with E-state index in [1.807, 2.05) is 0 Å². The van der Waals surface area contributed by atoms with Crippen molar-refractivity contribution in [3.8, 4) is 0 Å². The van der Waals surface area contributed by atoms with Gasteiger partial charge >= 0.3 is 0 Å². The van der Waals surface area contributed by atoms with E-state index in [1.165, 1.54) is 36.4 Å². The molecule has 22 heavy (non-hydrogen) atoms. The number of hydrazine groups is 1. The molecule has 10 heteroatoms. The minimum atomic E-state index is -0.568. The Bertz CT molecular complexity index is 690. The van der Waals surface area contributed by atoms with Gasteiger partial charge in [-0.1, -0.05) is 23.2 Å². The third-order valence-electron chi connectivity index (χ3n) is 2.65. The molecule has 0 aliphatic rings. The Morgan fingerprint density at radius 3 is 1.45 bits per heavy atom. The fraction of sp³-hybridized carbons (Fsp3) is 0. The van der Waals surface area contributed by atoms with Crippen molar-refractivity contribution in [1.82, 2.24) is 0 Å². The fourth-order valence-corrected chi connectivity index (χ4v) is 1.91. The van der Waals surface area contributed by atoms with Crippen molar-refractivity contribution in [3.63, 3.8) is 0 Å². The summed E-state index contributed by atoms with van der Waals surface area (Å²) in [5.74, 6) is 0. The molecular formula is C12H8Cl2N4O4. The highest BCUT2D eigenvalue weighted by Gasteiger charge is 2.12. The predicted molar refractivity (Wildman–Crippen MR) is 83.5 cm³/mol. The van der Waals surface area contributed by atoms with Gasteiger partial charge in [-0.05, 0) is 12.1 Å². The molecule has 0 heterocycles. The molecule has 0 aromatic heterocycles. The number of rotatable bonds is 5. The first-order valence-corrected chi connectivity index (χ1v) is 6.54. The molecule has 0 aliphatic heterocycles. The second-order valence-electron chi connectivity index (χ2n) is 4.09. The molecule has 0 saturated heterocycles. The van der Waals surface area contributed by atoms with E-state index in [0.717, 1.165) is 0 Å². The van der Waals surface area contributed by atoms with Crippen molar-refractivity contribution < 1.29 is 9.85 Å². The van der Waals surface area contributed by atoms with Crippen LogP contribution in [-0.2, 0) is 0 Å². The largest absolute Gasteiger partial charge is 0.299 e. The number of nitro benzene ring substituents is 2. The van der Waals surface area contributed by atoms with Crippen LogP contribution in [0.5, 0.6) is 0 Å². The quantitative estimate of drug-likeness (QED) is 0.620. The maximum Gasteiger partial charge on any atom is 0.271 e. The van der Waals surface area contributed by atoms with Crippen molar-refractivity contribution >= 4 is 46.0 Å². The lowest BCUT2D eigenvalue weighted by Crippen LogP contribution is -2.10. The summed E-state index contributed by atoms with van der Waals surface area (Å²) in [5.41, 5.74) is 5.44. The standard InChI is InChI=1S/C12H8Cl2N4O4/c13-9-3-1-7(17(19)20)5-11(9)15-16-12-6-8(18(21)22)2-4-10(12)14/h1-6,15-16H. The van der Waals surface area contributed by atoms with Crippen LogP contribution in [0.15, 0.2) is 36.4 Å². The second kappa shape index (κ2) is 6.46. The molecule has 2 aromatic rings. The topological polar surface area (TPSA) is 110 Å². The average molecular weight is 343 g/mol. The summed E-state index contributed by atoms with van der Waals surface area (Å²) >= 11 is 11.8. The highest BCUT2D eigenvalue weighted by Crippen LogP contribution is 2.29. The van der Waals surface area contributed by atoms with Gasteiger partial charge in [0.25, 0.3) is 11.4 Å². The van der Waals surface area contributed by atoms with E-state index in [1.54, 1.807) is 0 Å². The van der Waals surface area contributed by atoms with Gasteiger partial charge < -0.3 is 0 Å². The monoisotopic (exact) mass is 342 g/mol. The molecule has 114 valence electrons. The third kappa shape index (κ3) is 3.54. The molecule has 8 nitrogen and oxygen atoms in total. The maximum absolute atomic E-state index is 10.7. The van der Waals surface area contributed by atoms with Gasteiger partial charge in [0.05, 0.1) is 31.3 Å². The van der Waals surface area contributed by atoms with Gasteiger partial charge in [-0.2, -0.15) is 0 Å². The lowest BCUT2D eigenvalue weighted by atomic mass is 10.3. The van der Waals surface area contributed by atoms with E-state index in [-0.39, 0.29) is 32.8 Å². The predicted octanol–water partition coefficient (Wildman–Crippen LogP) is 4.25. The van der Waals surface area contributed by atoms with E-state index in [0.29, 0.717) is 0 Å². The van der Waals surface area contributed by atoms with E-state index >= 15 is 0 Å². The number of nitrogens with zero attached hydrogens (tertiary/aromatic N) is 2. The summed E-state index contributed by atoms with van der Waals surface area (Å²) in [6.45, 7) is 0. The summed E-state index contributed by atoms with van der Waals surface area (Å²) in [6.07, 6.45) is 0. The number of hydrogen-bond donors (Lipinski definition) is 2. The molecule has 0 unspecified atom stereocenters. The van der Waals surface area contributed by atoms with E-state index in [4.69, 9.17) is 23.2 Å². The number of benzene rings is 2. The van der Waals surface area contributed by atoms with Gasteiger partial charge in [0.15, 0.2) is 0 Å². The van der Waals surface area contributed by atoms with Crippen molar-refractivity contribution in [2.45, 2.75) is 0 Å². The van der Waals surface area contributed by atoms with Crippen LogP contribution in [0.25, 0.3) is 0 Å². The van der Waals surface area contributed by atoms with Gasteiger partial charge in [0.2, 0.25) is 0 Å². The molecular weight excluding hydrogens is 335 g/mol. The molecule has 2 rings (SSSR count). The molecule has 0 fully saturated rings. The van der Waals surface area contributed by atoms with Crippen LogP contribution in [0.1, 0.15) is 0 Å². The Balaban J connectivity index is 2.23. The molecule has 0 amide bonds. The number of nitrogens with one attached hydrogen (secondary N) is 2. The van der Waals surface area contributed by atoms with Crippen LogP contribution in [-0.4, -0.2) is 9.85 Å². The van der Waals surface area contributed by atoms with Crippen molar-refractivity contribution in [3.05, 3.63) is 66.7 Å². The lowest BCUT2D eigenvalue weighted by molar-refractivity contribution is -0.385. The Morgan fingerprint density at radius 1 is 0.773 bits per heavy atom. The van der Waals surface area contributed by atoms with Crippen molar-refractivity contribution in [2.24, 2.45) is 0 Å². The minimum Gasteiger partial charge on any atom is -0.299 e. The summed E-state index contributed by atoms with van der Waals surface area (Å²) < 4.78 is 0. The van der Waals surface area contributed by atoms with Crippen LogP contribution in [0.4, 0.5) is 22.7 Å². The SMILES string of the molecule is O=[N+]([O-])c1ccc(Cl)c(NNc2cc([N+](=O)[O-])ccc2Cl)c1. The van der Waals surface area contributed by atoms with Gasteiger partial charge in [-0.3, -0.25) is 31.1 Å². The highest BCUT2D eigenvalue weighted by molar-refractivity contribution is 6.34. The van der Waals surface area contributed by atoms with E-state index in [9.17, 15) is 20.2 Å². The first-order chi connectivity index (χ1) is 10.4. The zero-order valence-electron chi connectivity index (χ0n) is 10.7. The van der Waals surface area contributed by atoms with Crippen molar-refractivity contribution in [1.29, 1.82) is 0 Å². The third-order valence-corrected chi connectivity index (χ3v) is 3.31. The zero-order chi connectivity index (χ0) is 16.3. The molecule has 2 aromatic carbocycles. The highest BCUT2D eigenvalue weighted by atomic mass is 35.5. The number of hydrogen-bond acceptors (Lipinski definition) is 6. The van der Waals surface area contributed by atoms with Gasteiger partial charge in [-0.15, -0.1) is 0 Å². The molecule has 0 radical (unpaired) electrons. The van der Waals surface area contributed by atoms with Crippen LogP contribution < -0.4 is 10.9 Å². The number of halogens is 2. The summed E-state index contributed by atoms with van der Waals surface area (Å²) in [7, 11) is 0. The van der Waals surface area contributed by atoms with Crippen molar-refractivity contribution in [2.75, 3.05) is 10.9 Å². The molecule has 2 N–H and O–H groups in total. The molecule has 0 spiro atoms. The van der Waals surface area contributed by atoms with Gasteiger partial charge in [-0.25, -0.2) is 0 Å². The summed E-state index contributed by atoms with van der Waals surface area (Å²) in [5, 5.41) is 21.9. The Labute approximate surface area is 133 Å². The van der Waals surface area contributed by atoms with Gasteiger partial charge in [0, 0.05) is 24.3 Å². The number of non-ortho nitro benzene ring substituents is 2. The number of anilines is 2. The minimum absolute atomic E-state index is 0.154. The van der Waals surface area contributed by atoms with Crippen LogP contribution in [0, 0.1) is 20.2 Å².